The van der Waals surface area contributed by atoms with Crippen molar-refractivity contribution >= 4 is 29.0 Å². The Balaban J connectivity index is 3.23. The van der Waals surface area contributed by atoms with Gasteiger partial charge in [-0.1, -0.05) is 0 Å². The second kappa shape index (κ2) is 4.45. The zero-order valence-corrected chi connectivity index (χ0v) is 9.03. The molecule has 3 nitrogen and oxygen atoms in total. The number of carbonyl (C=O) groups is 1. The van der Waals surface area contributed by atoms with E-state index in [0.717, 1.165) is 0 Å². The molecule has 1 atom stereocenters. The maximum atomic E-state index is 11.1. The van der Waals surface area contributed by atoms with E-state index in [-0.39, 0.29) is 14.2 Å². The monoisotopic (exact) mass is 214 g/mol. The van der Waals surface area contributed by atoms with Crippen LogP contribution in [0.25, 0.3) is 0 Å². The van der Waals surface area contributed by atoms with Crippen molar-refractivity contribution in [1.82, 2.24) is 0 Å². The van der Waals surface area contributed by atoms with Crippen LogP contribution in [0.1, 0.15) is 17.3 Å². The van der Waals surface area contributed by atoms with E-state index in [9.17, 15) is 9.36 Å². The summed E-state index contributed by atoms with van der Waals surface area (Å²) < 4.78 is 15.4. The third kappa shape index (κ3) is 2.33. The highest BCUT2D eigenvalue weighted by atomic mass is 31.1. The lowest BCUT2D eigenvalue weighted by atomic mass is 10.1. The summed E-state index contributed by atoms with van der Waals surface area (Å²) in [6, 6.07) is 4.79. The number of hydrogen-bond acceptors (Lipinski definition) is 3. The highest BCUT2D eigenvalue weighted by Gasteiger charge is 2.08. The minimum absolute atomic E-state index is 0.0773. The van der Waals surface area contributed by atoms with Crippen molar-refractivity contribution in [2.24, 2.45) is 0 Å². The SMILES string of the molecule is CC(=O)c1ccc(P=O)cc1OP. The van der Waals surface area contributed by atoms with E-state index in [0.29, 0.717) is 16.6 Å². The van der Waals surface area contributed by atoms with E-state index in [1.807, 2.05) is 0 Å². The van der Waals surface area contributed by atoms with Gasteiger partial charge in [0.15, 0.2) is 14.2 Å². The first kappa shape index (κ1) is 10.3. The van der Waals surface area contributed by atoms with Gasteiger partial charge in [0, 0.05) is 5.30 Å². The van der Waals surface area contributed by atoms with Crippen LogP contribution in [0.2, 0.25) is 0 Å². The first-order chi connectivity index (χ1) is 6.19. The average Bonchev–Trinajstić information content (AvgIpc) is 2.16. The molecule has 0 amide bonds. The van der Waals surface area contributed by atoms with E-state index in [1.165, 1.54) is 6.92 Å². The fraction of sp³-hybridized carbons (Fsp3) is 0.125. The Hall–Kier alpha value is -0.780. The van der Waals surface area contributed by atoms with Crippen molar-refractivity contribution in [3.05, 3.63) is 23.8 Å². The third-order valence-electron chi connectivity index (χ3n) is 1.58. The zero-order valence-electron chi connectivity index (χ0n) is 6.98. The first-order valence-electron chi connectivity index (χ1n) is 3.54. The van der Waals surface area contributed by atoms with E-state index >= 15 is 0 Å². The maximum absolute atomic E-state index is 11.1. The lowest BCUT2D eigenvalue weighted by Crippen LogP contribution is -1.99. The van der Waals surface area contributed by atoms with Crippen molar-refractivity contribution in [2.75, 3.05) is 0 Å². The van der Waals surface area contributed by atoms with Crippen LogP contribution in [0.15, 0.2) is 18.2 Å². The van der Waals surface area contributed by atoms with Crippen LogP contribution in [0.4, 0.5) is 0 Å². The minimum Gasteiger partial charge on any atom is -0.480 e. The molecule has 0 radical (unpaired) electrons. The molecule has 1 unspecified atom stereocenters. The number of hydrogen-bond donors (Lipinski definition) is 0. The molecular formula is C8H8O3P2. The van der Waals surface area contributed by atoms with Gasteiger partial charge in [-0.25, -0.2) is 0 Å². The first-order valence-corrected chi connectivity index (χ1v) is 4.82. The summed E-state index contributed by atoms with van der Waals surface area (Å²) in [7, 11) is 1.98. The molecule has 0 saturated heterocycles. The molecule has 0 spiro atoms. The number of rotatable bonds is 3. The van der Waals surface area contributed by atoms with Gasteiger partial charge in [0.1, 0.15) is 5.75 Å². The number of benzene rings is 1. The fourth-order valence-electron chi connectivity index (χ4n) is 0.956. The van der Waals surface area contributed by atoms with Crippen molar-refractivity contribution < 1.29 is 13.9 Å². The van der Waals surface area contributed by atoms with Crippen LogP contribution in [0.5, 0.6) is 5.75 Å². The lowest BCUT2D eigenvalue weighted by molar-refractivity contribution is 0.101. The molecule has 0 aliphatic carbocycles. The smallest absolute Gasteiger partial charge is 0.192 e. The average molecular weight is 214 g/mol. The Morgan fingerprint density at radius 3 is 2.69 bits per heavy atom. The minimum atomic E-state index is -0.0815. The predicted octanol–water partition coefficient (Wildman–Crippen LogP) is 1.98. The Labute approximate surface area is 80.0 Å². The van der Waals surface area contributed by atoms with Gasteiger partial charge >= 0.3 is 0 Å². The summed E-state index contributed by atoms with van der Waals surface area (Å²) in [6.45, 7) is 1.46. The summed E-state index contributed by atoms with van der Waals surface area (Å²) in [5.41, 5.74) is 0.488. The molecule has 1 aromatic rings. The molecule has 0 heterocycles. The summed E-state index contributed by atoms with van der Waals surface area (Å²) in [6.07, 6.45) is 0. The molecule has 5 heteroatoms. The molecule has 0 N–H and O–H groups in total. The van der Waals surface area contributed by atoms with Crippen LogP contribution >= 0.6 is 17.9 Å². The Morgan fingerprint density at radius 2 is 2.23 bits per heavy atom. The van der Waals surface area contributed by atoms with E-state index in [4.69, 9.17) is 4.52 Å². The molecular weight excluding hydrogens is 206 g/mol. The third-order valence-corrected chi connectivity index (χ3v) is 2.32. The van der Waals surface area contributed by atoms with Crippen LogP contribution in [0, 0.1) is 0 Å². The normalized spacial score (nSPS) is 10.0. The van der Waals surface area contributed by atoms with Crippen LogP contribution in [-0.4, -0.2) is 5.78 Å². The molecule has 0 aromatic heterocycles. The van der Waals surface area contributed by atoms with E-state index in [1.54, 1.807) is 18.2 Å². The summed E-state index contributed by atoms with van der Waals surface area (Å²) >= 11 is 0. The molecule has 1 aromatic carbocycles. The molecule has 0 saturated carbocycles. The predicted molar refractivity (Wildman–Crippen MR) is 54.0 cm³/mol. The number of Topliss-reactive ketones (excluding diaryl/α,β-unsaturated/α-hetero) is 1. The quantitative estimate of drug-likeness (QED) is 0.570. The standard InChI is InChI=1S/C8H8O3P2/c1-5(9)7-3-2-6(13-10)4-8(7)11-12/h2-4H,12H2,1H3. The Morgan fingerprint density at radius 1 is 1.54 bits per heavy atom. The van der Waals surface area contributed by atoms with E-state index < -0.39 is 0 Å². The van der Waals surface area contributed by atoms with Gasteiger partial charge in [-0.2, -0.15) is 0 Å². The molecule has 68 valence electrons. The summed E-state index contributed by atoms with van der Waals surface area (Å²) in [5.74, 6) is 0.352. The van der Waals surface area contributed by atoms with Gasteiger partial charge in [-0.3, -0.25) is 9.36 Å². The fourth-order valence-corrected chi connectivity index (χ4v) is 1.46. The van der Waals surface area contributed by atoms with E-state index in [2.05, 4.69) is 9.47 Å². The van der Waals surface area contributed by atoms with Crippen LogP contribution < -0.4 is 9.83 Å². The Kier molecular flexibility index (Phi) is 3.53. The molecule has 0 aliphatic rings. The molecule has 0 aliphatic heterocycles. The van der Waals surface area contributed by atoms with Crippen molar-refractivity contribution in [2.45, 2.75) is 6.92 Å². The van der Waals surface area contributed by atoms with Gasteiger partial charge in [0.2, 0.25) is 0 Å². The summed E-state index contributed by atoms with van der Waals surface area (Å²) in [4.78, 5) is 11.1. The maximum Gasteiger partial charge on any atom is 0.192 e. The van der Waals surface area contributed by atoms with Crippen molar-refractivity contribution in [3.63, 3.8) is 0 Å². The number of ketones is 1. The van der Waals surface area contributed by atoms with Crippen molar-refractivity contribution in [1.29, 1.82) is 0 Å². The van der Waals surface area contributed by atoms with Gasteiger partial charge in [0.25, 0.3) is 0 Å². The molecule has 0 fully saturated rings. The molecule has 0 bridgehead atoms. The topological polar surface area (TPSA) is 43.4 Å². The highest BCUT2D eigenvalue weighted by Crippen LogP contribution is 2.20. The summed E-state index contributed by atoms with van der Waals surface area (Å²) in [5, 5.41) is 0.586. The van der Waals surface area contributed by atoms with Crippen LogP contribution in [-0.2, 0) is 4.57 Å². The van der Waals surface area contributed by atoms with Gasteiger partial charge < -0.3 is 4.52 Å². The number of carbonyl (C=O) groups excluding carboxylic acids is 1. The highest BCUT2D eigenvalue weighted by molar-refractivity contribution is 7.34. The van der Waals surface area contributed by atoms with Gasteiger partial charge in [-0.05, 0) is 25.1 Å². The second-order valence-electron chi connectivity index (χ2n) is 2.45. The van der Waals surface area contributed by atoms with Gasteiger partial charge in [0.05, 0.1) is 15.0 Å². The molecule has 13 heavy (non-hydrogen) atoms. The second-order valence-corrected chi connectivity index (χ2v) is 3.38. The largest absolute Gasteiger partial charge is 0.480 e. The Bertz CT molecular complexity index is 349. The zero-order chi connectivity index (χ0) is 9.84. The molecule has 1 rings (SSSR count). The van der Waals surface area contributed by atoms with Crippen molar-refractivity contribution in [3.8, 4) is 5.75 Å². The van der Waals surface area contributed by atoms with Crippen LogP contribution in [0.3, 0.4) is 0 Å². The van der Waals surface area contributed by atoms with Gasteiger partial charge in [-0.15, -0.1) is 0 Å². The lowest BCUT2D eigenvalue weighted by Gasteiger charge is -2.04.